The number of rotatable bonds is 4. The summed E-state index contributed by atoms with van der Waals surface area (Å²) in [6.07, 6.45) is 9.08. The Labute approximate surface area is 193 Å². The summed E-state index contributed by atoms with van der Waals surface area (Å²) < 4.78 is 17.7. The molecule has 4 fully saturated rings. The van der Waals surface area contributed by atoms with Gasteiger partial charge in [-0.25, -0.2) is 0 Å². The lowest BCUT2D eigenvalue weighted by Gasteiger charge is -2.48. The van der Waals surface area contributed by atoms with Gasteiger partial charge in [-0.15, -0.1) is 0 Å². The molecular weight excluding hydrogens is 420 g/mol. The zero-order chi connectivity index (χ0) is 22.4. The maximum Gasteiger partial charge on any atom is 0.298 e. The number of oxazole rings is 1. The Kier molecular flexibility index (Phi) is 5.30. The Balaban J connectivity index is 1.17. The lowest BCUT2D eigenvalue weighted by atomic mass is 9.82. The Morgan fingerprint density at radius 1 is 1.15 bits per heavy atom. The molecule has 0 radical (unpaired) electrons. The van der Waals surface area contributed by atoms with Crippen molar-refractivity contribution in [2.75, 3.05) is 31.2 Å². The Morgan fingerprint density at radius 3 is 2.58 bits per heavy atom. The molecule has 1 amide bonds. The maximum atomic E-state index is 13.3. The molecule has 2 unspecified atom stereocenters. The second kappa shape index (κ2) is 8.33. The van der Waals surface area contributed by atoms with Gasteiger partial charge in [-0.1, -0.05) is 12.6 Å². The van der Waals surface area contributed by atoms with Crippen LogP contribution in [0.25, 0.3) is 11.1 Å². The van der Waals surface area contributed by atoms with Gasteiger partial charge in [0.25, 0.3) is 11.9 Å². The third-order valence-corrected chi connectivity index (χ3v) is 7.84. The minimum absolute atomic E-state index is 0.0686. The largest absolute Gasteiger partial charge is 0.423 e. The van der Waals surface area contributed by atoms with Crippen LogP contribution in [0.15, 0.2) is 35.4 Å². The monoisotopic (exact) mass is 452 g/mol. The van der Waals surface area contributed by atoms with E-state index in [1.165, 1.54) is 19.3 Å². The molecule has 0 aliphatic carbocycles. The Hall–Kier alpha value is -2.58. The first-order valence-electron chi connectivity index (χ1n) is 12.3. The highest BCUT2D eigenvalue weighted by molar-refractivity contribution is 6.04. The van der Waals surface area contributed by atoms with E-state index in [2.05, 4.69) is 21.7 Å². The molecule has 33 heavy (non-hydrogen) atoms. The van der Waals surface area contributed by atoms with Crippen molar-refractivity contribution in [3.05, 3.63) is 36.5 Å². The van der Waals surface area contributed by atoms with Crippen molar-refractivity contribution in [1.82, 2.24) is 15.2 Å². The van der Waals surface area contributed by atoms with Crippen LogP contribution in [0.2, 0.25) is 0 Å². The molecule has 2 bridgehead atoms. The molecule has 2 atom stereocenters. The van der Waals surface area contributed by atoms with E-state index in [0.29, 0.717) is 48.0 Å². The molecule has 5 heterocycles. The van der Waals surface area contributed by atoms with E-state index in [4.69, 9.17) is 18.9 Å². The quantitative estimate of drug-likeness (QED) is 0.761. The average molecular weight is 453 g/mol. The van der Waals surface area contributed by atoms with Crippen LogP contribution in [-0.2, 0) is 9.47 Å². The van der Waals surface area contributed by atoms with Gasteiger partial charge in [-0.2, -0.15) is 4.98 Å². The minimum Gasteiger partial charge on any atom is -0.423 e. The molecule has 1 N–H and O–H groups in total. The smallest absolute Gasteiger partial charge is 0.298 e. The van der Waals surface area contributed by atoms with Crippen molar-refractivity contribution in [3.63, 3.8) is 0 Å². The predicted molar refractivity (Wildman–Crippen MR) is 124 cm³/mol. The molecule has 4 aliphatic rings. The van der Waals surface area contributed by atoms with Gasteiger partial charge in [0.05, 0.1) is 18.8 Å². The number of carbonyl (C=O) groups is 1. The summed E-state index contributed by atoms with van der Waals surface area (Å²) in [5, 5.41) is 3.29. The second-order valence-electron chi connectivity index (χ2n) is 9.75. The zero-order valence-corrected chi connectivity index (χ0v) is 19.0. The molecule has 8 heteroatoms. The first kappa shape index (κ1) is 21.0. The molecule has 2 aromatic rings. The minimum atomic E-state index is -0.437. The number of hydrogen-bond acceptors (Lipinski definition) is 7. The van der Waals surface area contributed by atoms with Crippen LogP contribution in [-0.4, -0.2) is 66.0 Å². The molecule has 1 aromatic heterocycles. The highest BCUT2D eigenvalue weighted by Gasteiger charge is 2.41. The molecule has 176 valence electrons. The summed E-state index contributed by atoms with van der Waals surface area (Å²) in [7, 11) is 0. The third-order valence-electron chi connectivity index (χ3n) is 7.84. The van der Waals surface area contributed by atoms with Gasteiger partial charge in [0.2, 0.25) is 0 Å². The molecule has 4 aliphatic heterocycles. The molecule has 6 rings (SSSR count). The van der Waals surface area contributed by atoms with E-state index >= 15 is 0 Å². The number of carbonyl (C=O) groups excluding carboxylic acids is 1. The summed E-state index contributed by atoms with van der Waals surface area (Å²) >= 11 is 0. The maximum absolute atomic E-state index is 13.3. The van der Waals surface area contributed by atoms with Crippen molar-refractivity contribution in [3.8, 4) is 0 Å². The van der Waals surface area contributed by atoms with Crippen LogP contribution in [0.4, 0.5) is 6.01 Å². The molecule has 1 spiro atoms. The van der Waals surface area contributed by atoms with Crippen molar-refractivity contribution >= 4 is 23.0 Å². The predicted octanol–water partition coefficient (Wildman–Crippen LogP) is 3.43. The summed E-state index contributed by atoms with van der Waals surface area (Å²) in [5.74, 6) is -0.506. The topological polar surface area (TPSA) is 80.1 Å². The number of para-hydroxylation sites is 1. The number of fused-ring (bicyclic) bond motifs is 3. The van der Waals surface area contributed by atoms with E-state index < -0.39 is 5.79 Å². The standard InChI is InChI=1S/C25H32N4O4/c1-2-29-18-5-3-6-19(29)16-17(15-18)26-23(30)20-7-4-8-21-22(20)27-24(33-21)28-11-9-25(10-12-28)31-13-14-32-25/h2,4,7-8,17-19H,1,3,5-6,9-16H2,(H,26,30). The van der Waals surface area contributed by atoms with E-state index in [1.807, 2.05) is 24.4 Å². The van der Waals surface area contributed by atoms with Gasteiger partial charge >= 0.3 is 0 Å². The molecule has 0 saturated carbocycles. The second-order valence-corrected chi connectivity index (χ2v) is 9.75. The van der Waals surface area contributed by atoms with E-state index in [1.54, 1.807) is 0 Å². The number of nitrogens with zero attached hydrogens (tertiary/aromatic N) is 3. The van der Waals surface area contributed by atoms with E-state index in [9.17, 15) is 4.79 Å². The summed E-state index contributed by atoms with van der Waals surface area (Å²) in [6.45, 7) is 6.82. The highest BCUT2D eigenvalue weighted by atomic mass is 16.7. The van der Waals surface area contributed by atoms with Gasteiger partial charge in [0.15, 0.2) is 11.4 Å². The lowest BCUT2D eigenvalue weighted by molar-refractivity contribution is -0.169. The molecular formula is C25H32N4O4. The summed E-state index contributed by atoms with van der Waals surface area (Å²) in [4.78, 5) is 22.5. The number of anilines is 1. The van der Waals surface area contributed by atoms with Crippen LogP contribution in [0, 0.1) is 0 Å². The van der Waals surface area contributed by atoms with Crippen LogP contribution < -0.4 is 10.2 Å². The van der Waals surface area contributed by atoms with Gasteiger partial charge in [0.1, 0.15) is 5.52 Å². The summed E-state index contributed by atoms with van der Waals surface area (Å²) in [6, 6.07) is 7.28. The number of amides is 1. The first-order chi connectivity index (χ1) is 16.1. The Bertz CT molecular complexity index is 1020. The fourth-order valence-corrected chi connectivity index (χ4v) is 6.18. The van der Waals surface area contributed by atoms with Crippen molar-refractivity contribution in [1.29, 1.82) is 0 Å². The van der Waals surface area contributed by atoms with Crippen LogP contribution in [0.1, 0.15) is 55.3 Å². The first-order valence-corrected chi connectivity index (χ1v) is 12.3. The normalized spacial score (nSPS) is 28.9. The number of aromatic nitrogens is 1. The average Bonchev–Trinajstić information content (AvgIpc) is 3.46. The fourth-order valence-electron chi connectivity index (χ4n) is 6.18. The lowest BCUT2D eigenvalue weighted by Crippen LogP contribution is -2.54. The van der Waals surface area contributed by atoms with Gasteiger partial charge < -0.3 is 29.0 Å². The van der Waals surface area contributed by atoms with Gasteiger partial charge in [-0.3, -0.25) is 4.79 Å². The van der Waals surface area contributed by atoms with Crippen molar-refractivity contribution in [2.24, 2.45) is 0 Å². The highest BCUT2D eigenvalue weighted by Crippen LogP contribution is 2.36. The fraction of sp³-hybridized carbons (Fsp3) is 0.600. The van der Waals surface area contributed by atoms with Crippen LogP contribution in [0.5, 0.6) is 0 Å². The summed E-state index contributed by atoms with van der Waals surface area (Å²) in [5.41, 5.74) is 1.85. The Morgan fingerprint density at radius 2 is 1.88 bits per heavy atom. The SMILES string of the molecule is C=CN1C2CCCC1CC(NC(=O)c1cccc3oc(N4CCC5(CC4)OCCO5)nc13)C2. The molecule has 1 aromatic carbocycles. The van der Waals surface area contributed by atoms with E-state index in [-0.39, 0.29) is 11.9 Å². The number of benzene rings is 1. The number of ether oxygens (including phenoxy) is 2. The van der Waals surface area contributed by atoms with Crippen LogP contribution in [0.3, 0.4) is 0 Å². The van der Waals surface area contributed by atoms with Gasteiger partial charge in [-0.05, 0) is 50.4 Å². The molecule has 4 saturated heterocycles. The van der Waals surface area contributed by atoms with Crippen LogP contribution >= 0.6 is 0 Å². The van der Waals surface area contributed by atoms with Crippen molar-refractivity contribution in [2.45, 2.75) is 68.9 Å². The number of piperidine rings is 3. The van der Waals surface area contributed by atoms with Gasteiger partial charge in [0, 0.05) is 44.1 Å². The van der Waals surface area contributed by atoms with E-state index in [0.717, 1.165) is 38.8 Å². The van der Waals surface area contributed by atoms with Crippen molar-refractivity contribution < 1.29 is 18.7 Å². The zero-order valence-electron chi connectivity index (χ0n) is 19.0. The number of nitrogens with one attached hydrogen (secondary N) is 1. The number of hydrogen-bond donors (Lipinski definition) is 1. The third kappa shape index (κ3) is 3.79. The molecule has 8 nitrogen and oxygen atoms in total.